The van der Waals surface area contributed by atoms with Crippen molar-refractivity contribution in [3.05, 3.63) is 101 Å². The lowest BCUT2D eigenvalue weighted by atomic mass is 9.92. The van der Waals surface area contributed by atoms with Crippen molar-refractivity contribution in [2.24, 2.45) is 4.99 Å². The molecule has 0 saturated carbocycles. The number of nitrogens with zero attached hydrogens (tertiary/aromatic N) is 1. The summed E-state index contributed by atoms with van der Waals surface area (Å²) in [4.78, 5) is 17.0. The Morgan fingerprint density at radius 1 is 0.767 bits per heavy atom. The Kier molecular flexibility index (Phi) is 3.53. The number of aliphatic imine (C=N–C) groups is 1. The predicted molar refractivity (Wildman–Crippen MR) is 122 cm³/mol. The van der Waals surface area contributed by atoms with E-state index in [1.807, 2.05) is 43.3 Å². The van der Waals surface area contributed by atoms with Gasteiger partial charge in [0, 0.05) is 5.56 Å². The van der Waals surface area contributed by atoms with Gasteiger partial charge in [0.15, 0.2) is 5.70 Å². The Balaban J connectivity index is 1.56. The number of rotatable bonds is 2. The van der Waals surface area contributed by atoms with Crippen LogP contribution in [0, 0.1) is 6.92 Å². The van der Waals surface area contributed by atoms with Gasteiger partial charge >= 0.3 is 5.97 Å². The molecule has 5 aromatic rings. The molecule has 0 N–H and O–H groups in total. The van der Waals surface area contributed by atoms with E-state index in [1.54, 1.807) is 0 Å². The van der Waals surface area contributed by atoms with Crippen molar-refractivity contribution in [3.8, 4) is 0 Å². The highest BCUT2D eigenvalue weighted by Gasteiger charge is 2.25. The number of hydrogen-bond donors (Lipinski definition) is 0. The smallest absolute Gasteiger partial charge is 0.363 e. The molecule has 0 fully saturated rings. The van der Waals surface area contributed by atoms with E-state index in [1.165, 1.54) is 26.9 Å². The number of carbonyl (C=O) groups is 1. The third-order valence-electron chi connectivity index (χ3n) is 5.85. The van der Waals surface area contributed by atoms with Crippen LogP contribution in [0.4, 0.5) is 0 Å². The molecule has 0 radical (unpaired) electrons. The molecule has 0 unspecified atom stereocenters. The molecule has 6 rings (SSSR count). The third kappa shape index (κ3) is 2.45. The van der Waals surface area contributed by atoms with Crippen molar-refractivity contribution in [2.45, 2.75) is 6.92 Å². The summed E-state index contributed by atoms with van der Waals surface area (Å²) in [5.41, 5.74) is 3.14. The summed E-state index contributed by atoms with van der Waals surface area (Å²) >= 11 is 0. The minimum atomic E-state index is -0.418. The first-order valence-corrected chi connectivity index (χ1v) is 9.94. The predicted octanol–water partition coefficient (Wildman–Crippen LogP) is 6.24. The van der Waals surface area contributed by atoms with Gasteiger partial charge in [-0.2, -0.15) is 0 Å². The maximum absolute atomic E-state index is 12.5. The van der Waals surface area contributed by atoms with Gasteiger partial charge in [-0.05, 0) is 62.5 Å². The molecule has 1 aliphatic heterocycles. The van der Waals surface area contributed by atoms with Crippen LogP contribution in [-0.4, -0.2) is 11.9 Å². The minimum absolute atomic E-state index is 0.322. The molecule has 0 spiro atoms. The number of aryl methyl sites for hydroxylation is 1. The van der Waals surface area contributed by atoms with Crippen molar-refractivity contribution < 1.29 is 9.53 Å². The molecule has 0 bridgehead atoms. The van der Waals surface area contributed by atoms with E-state index in [-0.39, 0.29) is 0 Å². The topological polar surface area (TPSA) is 38.7 Å². The van der Waals surface area contributed by atoms with Crippen LogP contribution in [0.1, 0.15) is 16.7 Å². The SMILES string of the molecule is Cc1ccccc1C1=N/C(=C\c2ccc3ccc4cccc5ccc2c3c45)C(=O)O1. The average molecular weight is 387 g/mol. The normalized spacial score (nSPS) is 15.4. The fraction of sp³-hybridized carbons (Fsp3) is 0.0370. The lowest BCUT2D eigenvalue weighted by Crippen LogP contribution is -2.06. The highest BCUT2D eigenvalue weighted by atomic mass is 16.6. The number of ether oxygens (including phenoxy) is 1. The van der Waals surface area contributed by atoms with Gasteiger partial charge in [0.2, 0.25) is 5.90 Å². The van der Waals surface area contributed by atoms with Crippen LogP contribution in [0.15, 0.2) is 89.6 Å². The van der Waals surface area contributed by atoms with Crippen LogP contribution in [0.3, 0.4) is 0 Å². The van der Waals surface area contributed by atoms with E-state index < -0.39 is 5.97 Å². The van der Waals surface area contributed by atoms with Crippen molar-refractivity contribution in [1.82, 2.24) is 0 Å². The van der Waals surface area contributed by atoms with E-state index in [0.717, 1.165) is 22.1 Å². The Morgan fingerprint density at radius 2 is 1.47 bits per heavy atom. The van der Waals surface area contributed by atoms with Crippen LogP contribution < -0.4 is 0 Å². The Bertz CT molecular complexity index is 1530. The summed E-state index contributed by atoms with van der Waals surface area (Å²) in [7, 11) is 0. The summed E-state index contributed by atoms with van der Waals surface area (Å²) in [6, 6.07) is 26.9. The van der Waals surface area contributed by atoms with Crippen molar-refractivity contribution in [3.63, 3.8) is 0 Å². The molecule has 142 valence electrons. The van der Waals surface area contributed by atoms with Gasteiger partial charge < -0.3 is 4.74 Å². The van der Waals surface area contributed by atoms with Crippen LogP contribution >= 0.6 is 0 Å². The molecule has 0 aliphatic carbocycles. The molecule has 1 heterocycles. The van der Waals surface area contributed by atoms with Gasteiger partial charge in [-0.3, -0.25) is 0 Å². The van der Waals surface area contributed by atoms with Crippen LogP contribution in [0.25, 0.3) is 38.4 Å². The van der Waals surface area contributed by atoms with Crippen LogP contribution in [0.2, 0.25) is 0 Å². The summed E-state index contributed by atoms with van der Waals surface area (Å²) < 4.78 is 5.48. The molecule has 0 amide bonds. The number of esters is 1. The van der Waals surface area contributed by atoms with Gasteiger partial charge in [0.1, 0.15) is 0 Å². The maximum atomic E-state index is 12.5. The van der Waals surface area contributed by atoms with E-state index in [0.29, 0.717) is 11.6 Å². The molecule has 0 atom stereocenters. The van der Waals surface area contributed by atoms with Gasteiger partial charge in [0.25, 0.3) is 0 Å². The monoisotopic (exact) mass is 387 g/mol. The summed E-state index contributed by atoms with van der Waals surface area (Å²) in [5, 5.41) is 7.21. The minimum Gasteiger partial charge on any atom is -0.402 e. The van der Waals surface area contributed by atoms with E-state index in [4.69, 9.17) is 4.74 Å². The second kappa shape index (κ2) is 6.26. The van der Waals surface area contributed by atoms with Gasteiger partial charge in [-0.15, -0.1) is 0 Å². The summed E-state index contributed by atoms with van der Waals surface area (Å²) in [6.45, 7) is 1.98. The second-order valence-corrected chi connectivity index (χ2v) is 7.66. The van der Waals surface area contributed by atoms with Crippen LogP contribution in [0.5, 0.6) is 0 Å². The number of carbonyl (C=O) groups excluding carboxylic acids is 1. The standard InChI is InChI=1S/C27H17NO2/c1-16-5-2-3-8-21(16)26-28-23(27(29)30-26)15-20-12-11-19-10-9-17-6-4-7-18-13-14-22(20)25(19)24(17)18/h2-15H,1H3/b23-15-. The van der Waals surface area contributed by atoms with E-state index in [9.17, 15) is 4.79 Å². The van der Waals surface area contributed by atoms with Crippen LogP contribution in [-0.2, 0) is 9.53 Å². The van der Waals surface area contributed by atoms with Crippen molar-refractivity contribution >= 4 is 50.3 Å². The zero-order valence-electron chi connectivity index (χ0n) is 16.3. The average Bonchev–Trinajstić information content (AvgIpc) is 3.13. The molecular weight excluding hydrogens is 370 g/mol. The number of benzene rings is 5. The Morgan fingerprint density at radius 3 is 2.27 bits per heavy atom. The highest BCUT2D eigenvalue weighted by molar-refractivity contribution is 6.24. The lowest BCUT2D eigenvalue weighted by Gasteiger charge is -2.12. The fourth-order valence-corrected chi connectivity index (χ4v) is 4.37. The first-order valence-electron chi connectivity index (χ1n) is 9.94. The fourth-order valence-electron chi connectivity index (χ4n) is 4.37. The van der Waals surface area contributed by atoms with E-state index >= 15 is 0 Å². The molecule has 30 heavy (non-hydrogen) atoms. The van der Waals surface area contributed by atoms with E-state index in [2.05, 4.69) is 53.5 Å². The van der Waals surface area contributed by atoms with Gasteiger partial charge in [0.05, 0.1) is 0 Å². The van der Waals surface area contributed by atoms with Crippen molar-refractivity contribution in [2.75, 3.05) is 0 Å². The first-order chi connectivity index (χ1) is 14.7. The summed E-state index contributed by atoms with van der Waals surface area (Å²) in [6.07, 6.45) is 1.83. The lowest BCUT2D eigenvalue weighted by molar-refractivity contribution is -0.129. The zero-order chi connectivity index (χ0) is 20.2. The molecule has 5 aromatic carbocycles. The molecule has 3 heteroatoms. The third-order valence-corrected chi connectivity index (χ3v) is 5.85. The molecule has 0 aromatic heterocycles. The highest BCUT2D eigenvalue weighted by Crippen LogP contribution is 2.36. The van der Waals surface area contributed by atoms with Gasteiger partial charge in [-0.25, -0.2) is 9.79 Å². The Labute approximate surface area is 173 Å². The quantitative estimate of drug-likeness (QED) is 0.204. The first kappa shape index (κ1) is 16.9. The maximum Gasteiger partial charge on any atom is 0.363 e. The zero-order valence-corrected chi connectivity index (χ0v) is 16.3. The van der Waals surface area contributed by atoms with Crippen molar-refractivity contribution in [1.29, 1.82) is 0 Å². The summed E-state index contributed by atoms with van der Waals surface area (Å²) in [5.74, 6) is -0.0546. The molecule has 0 saturated heterocycles. The number of cyclic esters (lactones) is 1. The molecular formula is C27H17NO2. The van der Waals surface area contributed by atoms with Gasteiger partial charge in [-0.1, -0.05) is 72.8 Å². The molecule has 1 aliphatic rings. The number of hydrogen-bond acceptors (Lipinski definition) is 3. The Hall–Kier alpha value is -3.98. The second-order valence-electron chi connectivity index (χ2n) is 7.66. The largest absolute Gasteiger partial charge is 0.402 e. The molecule has 3 nitrogen and oxygen atoms in total.